The van der Waals surface area contributed by atoms with Crippen LogP contribution in [-0.4, -0.2) is 39.6 Å². The lowest BCUT2D eigenvalue weighted by Crippen LogP contribution is -2.63. The standard InChI is InChI=1S/C26H25N5O3.CH4/c1-2-6-21(32)30-15-26(16-30)13-18(14-26)31-24(27)22(25(28)33)23(29-31)17-9-11-20(12-10-17)34-19-7-4-3-5-8-19;/h3-5,7-12,18H,13-16,27H2,1H3,(H2,28,33);1H4. The van der Waals surface area contributed by atoms with Gasteiger partial charge in [0.2, 0.25) is 0 Å². The number of benzene rings is 2. The highest BCUT2D eigenvalue weighted by Crippen LogP contribution is 2.54. The van der Waals surface area contributed by atoms with Crippen LogP contribution in [-0.2, 0) is 4.79 Å². The highest BCUT2D eigenvalue weighted by atomic mass is 16.5. The normalized spacial score (nSPS) is 15.7. The number of nitrogens with two attached hydrogens (primary N) is 2. The number of carbonyl (C=O) groups is 2. The van der Waals surface area contributed by atoms with Crippen molar-refractivity contribution in [2.24, 2.45) is 11.1 Å². The number of amides is 2. The number of para-hydroxylation sites is 1. The van der Waals surface area contributed by atoms with Gasteiger partial charge in [-0.1, -0.05) is 31.5 Å². The molecule has 8 nitrogen and oxygen atoms in total. The monoisotopic (exact) mass is 471 g/mol. The van der Waals surface area contributed by atoms with Crippen molar-refractivity contribution in [2.45, 2.75) is 33.2 Å². The Hall–Kier alpha value is -4.25. The van der Waals surface area contributed by atoms with Crippen LogP contribution in [0.3, 0.4) is 0 Å². The minimum atomic E-state index is -0.615. The molecule has 0 radical (unpaired) electrons. The first-order valence-corrected chi connectivity index (χ1v) is 11.1. The summed E-state index contributed by atoms with van der Waals surface area (Å²) in [6.45, 7) is 3.04. The van der Waals surface area contributed by atoms with Gasteiger partial charge in [0.1, 0.15) is 28.6 Å². The number of likely N-dealkylation sites (tertiary alicyclic amines) is 1. The molecule has 2 fully saturated rings. The van der Waals surface area contributed by atoms with Crippen molar-refractivity contribution in [1.82, 2.24) is 14.7 Å². The number of ether oxygens (including phenoxy) is 1. The first-order valence-electron chi connectivity index (χ1n) is 11.1. The SMILES string of the molecule is C.CC#CC(=O)N1CC2(CC(n3nc(-c4ccc(Oc5ccccc5)cc4)c(C(N)=O)c3N)C2)C1. The van der Waals surface area contributed by atoms with E-state index in [1.165, 1.54) is 0 Å². The average molecular weight is 472 g/mol. The highest BCUT2D eigenvalue weighted by molar-refractivity contribution is 6.03. The maximum Gasteiger partial charge on any atom is 0.298 e. The second-order valence-electron chi connectivity index (χ2n) is 8.96. The Bertz CT molecular complexity index is 1300. The van der Waals surface area contributed by atoms with Crippen molar-refractivity contribution in [1.29, 1.82) is 0 Å². The zero-order valence-corrected chi connectivity index (χ0v) is 18.8. The van der Waals surface area contributed by atoms with Crippen LogP contribution in [0.15, 0.2) is 54.6 Å². The Morgan fingerprint density at radius 3 is 2.29 bits per heavy atom. The van der Waals surface area contributed by atoms with Gasteiger partial charge in [-0.3, -0.25) is 9.59 Å². The number of hydrogen-bond donors (Lipinski definition) is 2. The Morgan fingerprint density at radius 2 is 1.69 bits per heavy atom. The Balaban J connectivity index is 0.00000289. The van der Waals surface area contributed by atoms with E-state index < -0.39 is 5.91 Å². The summed E-state index contributed by atoms with van der Waals surface area (Å²) in [6, 6.07) is 16.9. The van der Waals surface area contributed by atoms with Crippen LogP contribution in [0.4, 0.5) is 5.82 Å². The number of nitrogens with zero attached hydrogens (tertiary/aromatic N) is 3. The van der Waals surface area contributed by atoms with Gasteiger partial charge >= 0.3 is 0 Å². The molecular weight excluding hydrogens is 442 g/mol. The third kappa shape index (κ3) is 4.33. The van der Waals surface area contributed by atoms with Gasteiger partial charge in [0.15, 0.2) is 0 Å². The van der Waals surface area contributed by atoms with Crippen molar-refractivity contribution >= 4 is 17.6 Å². The summed E-state index contributed by atoms with van der Waals surface area (Å²) in [6.07, 6.45) is 1.67. The summed E-state index contributed by atoms with van der Waals surface area (Å²) in [4.78, 5) is 25.9. The first kappa shape index (κ1) is 23.9. The van der Waals surface area contributed by atoms with Gasteiger partial charge < -0.3 is 21.1 Å². The van der Waals surface area contributed by atoms with E-state index in [0.29, 0.717) is 24.5 Å². The third-order valence-corrected chi connectivity index (χ3v) is 6.56. The second kappa shape index (κ2) is 9.18. The topological polar surface area (TPSA) is 116 Å². The van der Waals surface area contributed by atoms with Crippen molar-refractivity contribution in [3.05, 3.63) is 60.2 Å². The molecule has 1 aliphatic carbocycles. The molecule has 8 heteroatoms. The van der Waals surface area contributed by atoms with Gasteiger partial charge in [0, 0.05) is 24.1 Å². The number of nitrogen functional groups attached to an aromatic ring is 1. The lowest BCUT2D eigenvalue weighted by molar-refractivity contribution is -0.148. The van der Waals surface area contributed by atoms with Gasteiger partial charge in [0.25, 0.3) is 11.8 Å². The second-order valence-corrected chi connectivity index (χ2v) is 8.96. The van der Waals surface area contributed by atoms with Crippen LogP contribution >= 0.6 is 0 Å². The summed E-state index contributed by atoms with van der Waals surface area (Å²) >= 11 is 0. The van der Waals surface area contributed by atoms with Crippen molar-refractivity contribution < 1.29 is 14.3 Å². The molecular formula is C27H29N5O3. The minimum absolute atomic E-state index is 0. The molecule has 3 aromatic rings. The summed E-state index contributed by atoms with van der Waals surface area (Å²) in [7, 11) is 0. The molecule has 1 saturated heterocycles. The molecule has 2 aromatic carbocycles. The van der Waals surface area contributed by atoms with Crippen LogP contribution in [0.2, 0.25) is 0 Å². The smallest absolute Gasteiger partial charge is 0.298 e. The van der Waals surface area contributed by atoms with Crippen LogP contribution in [0.5, 0.6) is 11.5 Å². The van der Waals surface area contributed by atoms with E-state index in [0.717, 1.165) is 24.2 Å². The van der Waals surface area contributed by atoms with E-state index in [-0.39, 0.29) is 36.2 Å². The van der Waals surface area contributed by atoms with Crippen LogP contribution < -0.4 is 16.2 Å². The lowest BCUT2D eigenvalue weighted by atomic mass is 9.60. The average Bonchev–Trinajstić information content (AvgIpc) is 3.10. The summed E-state index contributed by atoms with van der Waals surface area (Å²) in [5.74, 6) is 6.16. The minimum Gasteiger partial charge on any atom is -0.457 e. The molecule has 0 bridgehead atoms. The van der Waals surface area contributed by atoms with E-state index in [2.05, 4.69) is 11.8 Å². The highest BCUT2D eigenvalue weighted by Gasteiger charge is 2.54. The zero-order valence-electron chi connectivity index (χ0n) is 18.8. The van der Waals surface area contributed by atoms with E-state index in [4.69, 9.17) is 21.3 Å². The molecule has 2 heterocycles. The van der Waals surface area contributed by atoms with Crippen molar-refractivity contribution in [3.8, 4) is 34.6 Å². The molecule has 0 unspecified atom stereocenters. The fourth-order valence-electron chi connectivity index (χ4n) is 4.94. The van der Waals surface area contributed by atoms with Gasteiger partial charge in [-0.25, -0.2) is 4.68 Å². The maximum absolute atomic E-state index is 12.2. The molecule has 4 N–H and O–H groups in total. The van der Waals surface area contributed by atoms with Gasteiger partial charge in [-0.15, -0.1) is 0 Å². The fourth-order valence-corrected chi connectivity index (χ4v) is 4.94. The molecule has 1 aliphatic heterocycles. The van der Waals surface area contributed by atoms with Crippen molar-refractivity contribution in [2.75, 3.05) is 18.8 Å². The van der Waals surface area contributed by atoms with Gasteiger partial charge in [-0.05, 0) is 62.1 Å². The molecule has 2 amide bonds. The first-order chi connectivity index (χ1) is 16.4. The largest absolute Gasteiger partial charge is 0.457 e. The van der Waals surface area contributed by atoms with Gasteiger partial charge in [0.05, 0.1) is 6.04 Å². The summed E-state index contributed by atoms with van der Waals surface area (Å²) in [5.41, 5.74) is 13.5. The number of hydrogen-bond acceptors (Lipinski definition) is 5. The molecule has 180 valence electrons. The van der Waals surface area contributed by atoms with Crippen LogP contribution in [0.1, 0.15) is 43.6 Å². The Labute approximate surface area is 204 Å². The molecule has 1 saturated carbocycles. The Morgan fingerprint density at radius 1 is 1.06 bits per heavy atom. The molecule has 1 spiro atoms. The number of carbonyl (C=O) groups excluding carboxylic acids is 2. The lowest BCUT2D eigenvalue weighted by Gasteiger charge is -2.58. The molecule has 5 rings (SSSR count). The molecule has 2 aliphatic rings. The van der Waals surface area contributed by atoms with Crippen LogP contribution in [0, 0.1) is 17.3 Å². The predicted molar refractivity (Wildman–Crippen MR) is 135 cm³/mol. The number of primary amides is 1. The van der Waals surface area contributed by atoms with Crippen molar-refractivity contribution in [3.63, 3.8) is 0 Å². The quantitative estimate of drug-likeness (QED) is 0.548. The number of aromatic nitrogens is 2. The molecule has 35 heavy (non-hydrogen) atoms. The fraction of sp³-hybridized carbons (Fsp3) is 0.296. The van der Waals surface area contributed by atoms with E-state index in [1.807, 2.05) is 54.6 Å². The molecule has 1 aromatic heterocycles. The van der Waals surface area contributed by atoms with Gasteiger partial charge in [-0.2, -0.15) is 5.10 Å². The molecule has 0 atom stereocenters. The predicted octanol–water partition coefficient (Wildman–Crippen LogP) is 3.85. The van der Waals surface area contributed by atoms with E-state index in [9.17, 15) is 9.59 Å². The van der Waals surface area contributed by atoms with Crippen LogP contribution in [0.25, 0.3) is 11.3 Å². The van der Waals surface area contributed by atoms with E-state index in [1.54, 1.807) is 16.5 Å². The summed E-state index contributed by atoms with van der Waals surface area (Å²) < 4.78 is 7.56. The number of rotatable bonds is 5. The summed E-state index contributed by atoms with van der Waals surface area (Å²) in [5, 5.41) is 4.69. The zero-order chi connectivity index (χ0) is 23.9. The van der Waals surface area contributed by atoms with E-state index >= 15 is 0 Å². The number of anilines is 1. The maximum atomic E-state index is 12.2. The third-order valence-electron chi connectivity index (χ3n) is 6.56. The Kier molecular flexibility index (Phi) is 6.27.